The predicted molar refractivity (Wildman–Crippen MR) is 52.7 cm³/mol. The largest absolute Gasteiger partial charge is 0.338 e. The summed E-state index contributed by atoms with van der Waals surface area (Å²) in [7, 11) is 1.95. The van der Waals surface area contributed by atoms with E-state index in [4.69, 9.17) is 0 Å². The lowest BCUT2D eigenvalue weighted by Gasteiger charge is -2.32. The van der Waals surface area contributed by atoms with Crippen LogP contribution in [0.4, 0.5) is 4.79 Å². The van der Waals surface area contributed by atoms with E-state index in [1.807, 2.05) is 18.9 Å². The van der Waals surface area contributed by atoms with Crippen molar-refractivity contribution in [2.45, 2.75) is 25.8 Å². The molecule has 0 saturated carbocycles. The molecule has 0 aromatic rings. The summed E-state index contributed by atoms with van der Waals surface area (Å²) in [5.74, 6) is 0. The van der Waals surface area contributed by atoms with E-state index < -0.39 is 0 Å². The molecule has 1 fully saturated rings. The molecule has 1 rings (SSSR count). The second-order valence-corrected chi connectivity index (χ2v) is 3.41. The van der Waals surface area contributed by atoms with Gasteiger partial charge in [0.1, 0.15) is 0 Å². The zero-order valence-corrected chi connectivity index (χ0v) is 8.47. The molecule has 0 radical (unpaired) electrons. The Hall–Kier alpha value is -0.770. The number of likely N-dealkylation sites (N-methyl/N-ethyl adjacent to an activating group) is 1. The summed E-state index contributed by atoms with van der Waals surface area (Å²) in [5, 5.41) is 6.03. The number of carbonyl (C=O) groups excluding carboxylic acids is 1. The van der Waals surface area contributed by atoms with Gasteiger partial charge in [0, 0.05) is 25.7 Å². The summed E-state index contributed by atoms with van der Waals surface area (Å²) >= 11 is 0. The Balaban J connectivity index is 2.37. The van der Waals surface area contributed by atoms with Crippen molar-refractivity contribution in [3.05, 3.63) is 0 Å². The molecule has 2 N–H and O–H groups in total. The average molecular weight is 185 g/mol. The van der Waals surface area contributed by atoms with Gasteiger partial charge in [0.15, 0.2) is 0 Å². The average Bonchev–Trinajstić information content (AvgIpc) is 2.18. The molecule has 13 heavy (non-hydrogen) atoms. The number of hydrogen-bond donors (Lipinski definition) is 2. The minimum absolute atomic E-state index is 0.0717. The molecule has 1 aliphatic rings. The molecule has 76 valence electrons. The third-order valence-electron chi connectivity index (χ3n) is 2.44. The molecule has 1 aliphatic heterocycles. The van der Waals surface area contributed by atoms with Gasteiger partial charge in [-0.05, 0) is 26.8 Å². The fourth-order valence-electron chi connectivity index (χ4n) is 1.66. The topological polar surface area (TPSA) is 44.4 Å². The van der Waals surface area contributed by atoms with Crippen molar-refractivity contribution in [2.75, 3.05) is 26.7 Å². The van der Waals surface area contributed by atoms with Gasteiger partial charge in [-0.25, -0.2) is 4.79 Å². The first-order chi connectivity index (χ1) is 6.27. The fraction of sp³-hybridized carbons (Fsp3) is 0.889. The second-order valence-electron chi connectivity index (χ2n) is 3.41. The van der Waals surface area contributed by atoms with Crippen LogP contribution in [0.5, 0.6) is 0 Å². The number of nitrogens with one attached hydrogen (secondary N) is 2. The van der Waals surface area contributed by atoms with Crippen molar-refractivity contribution >= 4 is 6.03 Å². The van der Waals surface area contributed by atoms with Crippen LogP contribution >= 0.6 is 0 Å². The highest BCUT2D eigenvalue weighted by Crippen LogP contribution is 2.09. The standard InChI is InChI=1S/C9H19N3O/c1-3-11-9(13)12-6-4-5-8(7-12)10-2/h8,10H,3-7H2,1-2H3,(H,11,13). The molecule has 0 spiro atoms. The molecule has 1 atom stereocenters. The predicted octanol–water partition coefficient (Wildman–Crippen LogP) is 0.400. The Bertz CT molecular complexity index is 172. The molecule has 1 heterocycles. The van der Waals surface area contributed by atoms with Crippen LogP contribution < -0.4 is 10.6 Å². The summed E-state index contributed by atoms with van der Waals surface area (Å²) in [5.41, 5.74) is 0. The number of urea groups is 1. The SMILES string of the molecule is CCNC(=O)N1CCCC(NC)C1. The van der Waals surface area contributed by atoms with Gasteiger partial charge in [-0.1, -0.05) is 0 Å². The molecule has 0 bridgehead atoms. The molecule has 0 aromatic heterocycles. The Kier molecular flexibility index (Phi) is 4.02. The minimum atomic E-state index is 0.0717. The lowest BCUT2D eigenvalue weighted by atomic mass is 10.1. The van der Waals surface area contributed by atoms with E-state index in [9.17, 15) is 4.79 Å². The molecule has 1 saturated heterocycles. The maximum Gasteiger partial charge on any atom is 0.317 e. The van der Waals surface area contributed by atoms with Gasteiger partial charge >= 0.3 is 6.03 Å². The number of hydrogen-bond acceptors (Lipinski definition) is 2. The third-order valence-corrected chi connectivity index (χ3v) is 2.44. The Morgan fingerprint density at radius 1 is 1.62 bits per heavy atom. The van der Waals surface area contributed by atoms with Crippen LogP contribution in [0, 0.1) is 0 Å². The van der Waals surface area contributed by atoms with Gasteiger partial charge in [-0.15, -0.1) is 0 Å². The van der Waals surface area contributed by atoms with Crippen LogP contribution in [0.3, 0.4) is 0 Å². The Morgan fingerprint density at radius 3 is 3.00 bits per heavy atom. The molecule has 1 unspecified atom stereocenters. The van der Waals surface area contributed by atoms with Crippen molar-refractivity contribution in [1.82, 2.24) is 15.5 Å². The van der Waals surface area contributed by atoms with Crippen LogP contribution in [-0.4, -0.2) is 43.7 Å². The summed E-state index contributed by atoms with van der Waals surface area (Å²) in [4.78, 5) is 13.3. The van der Waals surface area contributed by atoms with E-state index in [0.29, 0.717) is 12.6 Å². The molecular weight excluding hydrogens is 166 g/mol. The van der Waals surface area contributed by atoms with Crippen molar-refractivity contribution in [2.24, 2.45) is 0 Å². The van der Waals surface area contributed by atoms with Crippen LogP contribution in [0.15, 0.2) is 0 Å². The van der Waals surface area contributed by atoms with Gasteiger partial charge in [0.25, 0.3) is 0 Å². The quantitative estimate of drug-likeness (QED) is 0.654. The van der Waals surface area contributed by atoms with Gasteiger partial charge in [0.05, 0.1) is 0 Å². The van der Waals surface area contributed by atoms with E-state index in [1.165, 1.54) is 6.42 Å². The molecule has 4 heteroatoms. The highest BCUT2D eigenvalue weighted by molar-refractivity contribution is 5.74. The van der Waals surface area contributed by atoms with Crippen molar-refractivity contribution in [1.29, 1.82) is 0 Å². The highest BCUT2D eigenvalue weighted by Gasteiger charge is 2.21. The number of amides is 2. The van der Waals surface area contributed by atoms with E-state index in [2.05, 4.69) is 10.6 Å². The fourth-order valence-corrected chi connectivity index (χ4v) is 1.66. The third kappa shape index (κ3) is 2.88. The van der Waals surface area contributed by atoms with Crippen LogP contribution in [0.1, 0.15) is 19.8 Å². The summed E-state index contributed by atoms with van der Waals surface area (Å²) in [6, 6.07) is 0.541. The van der Waals surface area contributed by atoms with E-state index >= 15 is 0 Å². The first kappa shape index (κ1) is 10.3. The molecule has 0 aromatic carbocycles. The lowest BCUT2D eigenvalue weighted by Crippen LogP contribution is -2.50. The number of likely N-dealkylation sites (tertiary alicyclic amines) is 1. The van der Waals surface area contributed by atoms with E-state index in [1.54, 1.807) is 0 Å². The number of rotatable bonds is 2. The number of nitrogens with zero attached hydrogens (tertiary/aromatic N) is 1. The highest BCUT2D eigenvalue weighted by atomic mass is 16.2. The van der Waals surface area contributed by atoms with Crippen LogP contribution in [-0.2, 0) is 0 Å². The Morgan fingerprint density at radius 2 is 2.38 bits per heavy atom. The summed E-state index contributed by atoms with van der Waals surface area (Å²) in [6.45, 7) is 4.38. The van der Waals surface area contributed by atoms with E-state index in [-0.39, 0.29) is 6.03 Å². The number of carbonyl (C=O) groups is 1. The molecule has 0 aliphatic carbocycles. The van der Waals surface area contributed by atoms with Crippen molar-refractivity contribution < 1.29 is 4.79 Å². The zero-order valence-electron chi connectivity index (χ0n) is 8.47. The normalized spacial score (nSPS) is 22.9. The van der Waals surface area contributed by atoms with Gasteiger partial charge in [0.2, 0.25) is 0 Å². The van der Waals surface area contributed by atoms with Gasteiger partial charge in [-0.2, -0.15) is 0 Å². The Labute approximate surface area is 79.7 Å². The number of piperidine rings is 1. The minimum Gasteiger partial charge on any atom is -0.338 e. The molecular formula is C9H19N3O. The van der Waals surface area contributed by atoms with Crippen molar-refractivity contribution in [3.8, 4) is 0 Å². The maximum atomic E-state index is 11.4. The molecule has 2 amide bonds. The van der Waals surface area contributed by atoms with Gasteiger partial charge < -0.3 is 15.5 Å². The summed E-state index contributed by atoms with van der Waals surface area (Å²) < 4.78 is 0. The summed E-state index contributed by atoms with van der Waals surface area (Å²) in [6.07, 6.45) is 2.27. The lowest BCUT2D eigenvalue weighted by molar-refractivity contribution is 0.175. The second kappa shape index (κ2) is 5.07. The van der Waals surface area contributed by atoms with Gasteiger partial charge in [-0.3, -0.25) is 0 Å². The van der Waals surface area contributed by atoms with Crippen molar-refractivity contribution in [3.63, 3.8) is 0 Å². The van der Waals surface area contributed by atoms with Crippen LogP contribution in [0.25, 0.3) is 0 Å². The van der Waals surface area contributed by atoms with E-state index in [0.717, 1.165) is 19.5 Å². The molecule has 4 nitrogen and oxygen atoms in total. The first-order valence-corrected chi connectivity index (χ1v) is 4.98. The first-order valence-electron chi connectivity index (χ1n) is 4.98. The van der Waals surface area contributed by atoms with Crippen LogP contribution in [0.2, 0.25) is 0 Å². The maximum absolute atomic E-state index is 11.4. The smallest absolute Gasteiger partial charge is 0.317 e. The monoisotopic (exact) mass is 185 g/mol. The zero-order chi connectivity index (χ0) is 9.68.